The van der Waals surface area contributed by atoms with Crippen LogP contribution in [0.3, 0.4) is 0 Å². The number of aromatic hydroxyl groups is 2. The van der Waals surface area contributed by atoms with Gasteiger partial charge in [-0.05, 0) is 89.7 Å². The maximum absolute atomic E-state index is 10.6. The number of rotatable bonds is 6. The van der Waals surface area contributed by atoms with Crippen LogP contribution in [0.2, 0.25) is 0 Å². The minimum atomic E-state index is -0.118. The molecule has 0 amide bonds. The molecule has 0 aromatic heterocycles. The first-order valence-corrected chi connectivity index (χ1v) is 12.2. The predicted octanol–water partition coefficient (Wildman–Crippen LogP) is 8.26. The molecule has 1 fully saturated rings. The molecule has 1 aliphatic rings. The van der Waals surface area contributed by atoms with Crippen molar-refractivity contribution < 1.29 is 10.2 Å². The quantitative estimate of drug-likeness (QED) is 0.492. The summed E-state index contributed by atoms with van der Waals surface area (Å²) in [5.74, 6) is 2.05. The Morgan fingerprint density at radius 1 is 0.839 bits per heavy atom. The molecule has 3 unspecified atom stereocenters. The Hall–Kier alpha value is -1.96. The molecule has 2 nitrogen and oxygen atoms in total. The largest absolute Gasteiger partial charge is 0.508 e. The summed E-state index contributed by atoms with van der Waals surface area (Å²) in [4.78, 5) is 0. The van der Waals surface area contributed by atoms with Crippen LogP contribution in [0, 0.1) is 11.3 Å². The monoisotopic (exact) mass is 422 g/mol. The summed E-state index contributed by atoms with van der Waals surface area (Å²) >= 11 is 0. The van der Waals surface area contributed by atoms with E-state index in [4.69, 9.17) is 0 Å². The molecule has 0 spiro atoms. The van der Waals surface area contributed by atoms with E-state index in [1.54, 1.807) is 0 Å². The number of benzene rings is 2. The van der Waals surface area contributed by atoms with Crippen LogP contribution < -0.4 is 0 Å². The number of phenols is 2. The molecule has 1 aliphatic carbocycles. The van der Waals surface area contributed by atoms with E-state index in [0.29, 0.717) is 29.3 Å². The molecule has 0 saturated heterocycles. The highest BCUT2D eigenvalue weighted by Crippen LogP contribution is 2.54. The molecule has 170 valence electrons. The van der Waals surface area contributed by atoms with Crippen LogP contribution in [0.25, 0.3) is 0 Å². The van der Waals surface area contributed by atoms with Crippen LogP contribution in [-0.2, 0) is 5.41 Å². The minimum Gasteiger partial charge on any atom is -0.508 e. The maximum Gasteiger partial charge on any atom is 0.119 e. The van der Waals surface area contributed by atoms with Gasteiger partial charge in [0.25, 0.3) is 0 Å². The second kappa shape index (κ2) is 8.88. The molecule has 1 saturated carbocycles. The number of hydrogen-bond donors (Lipinski definition) is 2. The smallest absolute Gasteiger partial charge is 0.119 e. The highest BCUT2D eigenvalue weighted by atomic mass is 16.3. The highest BCUT2D eigenvalue weighted by Gasteiger charge is 2.45. The molecule has 2 aromatic carbocycles. The van der Waals surface area contributed by atoms with Gasteiger partial charge in [-0.3, -0.25) is 0 Å². The van der Waals surface area contributed by atoms with Gasteiger partial charge in [-0.2, -0.15) is 0 Å². The van der Waals surface area contributed by atoms with Gasteiger partial charge in [0.05, 0.1) is 0 Å². The van der Waals surface area contributed by atoms with Crippen LogP contribution in [0.4, 0.5) is 0 Å². The Bertz CT molecular complexity index is 851. The van der Waals surface area contributed by atoms with Crippen molar-refractivity contribution in [2.45, 2.75) is 97.8 Å². The van der Waals surface area contributed by atoms with Gasteiger partial charge >= 0.3 is 0 Å². The lowest BCUT2D eigenvalue weighted by Crippen LogP contribution is -2.41. The summed E-state index contributed by atoms with van der Waals surface area (Å²) < 4.78 is 0. The Morgan fingerprint density at radius 3 is 1.68 bits per heavy atom. The van der Waals surface area contributed by atoms with Gasteiger partial charge in [-0.15, -0.1) is 0 Å². The standard InChI is InChI=1S/C29H42O2/c1-8-20(4)24-14-22(10-12-26(24)30)29(17-19(3)16-28(6,7)18-29)23-11-13-27(31)25(15-23)21(5)9-2/h10-15,19-21,30-31H,8-9,16-18H2,1-7H3. The summed E-state index contributed by atoms with van der Waals surface area (Å²) in [6, 6.07) is 12.6. The zero-order valence-electron chi connectivity index (χ0n) is 20.6. The van der Waals surface area contributed by atoms with E-state index < -0.39 is 0 Å². The first kappa shape index (κ1) is 23.7. The van der Waals surface area contributed by atoms with Crippen molar-refractivity contribution in [3.8, 4) is 11.5 Å². The van der Waals surface area contributed by atoms with Crippen molar-refractivity contribution in [3.63, 3.8) is 0 Å². The Labute approximate surface area is 189 Å². The zero-order chi connectivity index (χ0) is 23.0. The van der Waals surface area contributed by atoms with Crippen LogP contribution in [0.15, 0.2) is 36.4 Å². The van der Waals surface area contributed by atoms with E-state index in [2.05, 4.69) is 72.7 Å². The lowest BCUT2D eigenvalue weighted by Gasteiger charge is -2.49. The second-order valence-electron chi connectivity index (χ2n) is 11.1. The topological polar surface area (TPSA) is 40.5 Å². The van der Waals surface area contributed by atoms with Crippen LogP contribution in [-0.4, -0.2) is 10.2 Å². The molecule has 0 aliphatic heterocycles. The summed E-state index contributed by atoms with van der Waals surface area (Å²) in [5, 5.41) is 21.2. The summed E-state index contributed by atoms with van der Waals surface area (Å²) in [5.41, 5.74) is 4.82. The van der Waals surface area contributed by atoms with E-state index in [1.807, 2.05) is 12.1 Å². The van der Waals surface area contributed by atoms with Crippen molar-refractivity contribution >= 4 is 0 Å². The van der Waals surface area contributed by atoms with Gasteiger partial charge in [0.1, 0.15) is 11.5 Å². The minimum absolute atomic E-state index is 0.118. The Kier molecular flexibility index (Phi) is 6.79. The highest BCUT2D eigenvalue weighted by molar-refractivity contribution is 5.50. The molecule has 0 radical (unpaired) electrons. The van der Waals surface area contributed by atoms with E-state index >= 15 is 0 Å². The SMILES string of the molecule is CCC(C)c1cc(C2(c3ccc(O)c(C(C)CC)c3)CC(C)CC(C)(C)C2)ccc1O. The molecule has 31 heavy (non-hydrogen) atoms. The fourth-order valence-corrected chi connectivity index (χ4v) is 6.11. The molecule has 2 aromatic rings. The molecule has 0 bridgehead atoms. The fraction of sp³-hybridized carbons (Fsp3) is 0.586. The molecule has 2 heteroatoms. The first-order valence-electron chi connectivity index (χ1n) is 12.2. The van der Waals surface area contributed by atoms with Crippen LogP contribution >= 0.6 is 0 Å². The maximum atomic E-state index is 10.6. The van der Waals surface area contributed by atoms with Crippen LogP contribution in [0.1, 0.15) is 115 Å². The van der Waals surface area contributed by atoms with E-state index in [1.165, 1.54) is 17.5 Å². The predicted molar refractivity (Wildman–Crippen MR) is 131 cm³/mol. The van der Waals surface area contributed by atoms with Gasteiger partial charge in [0.2, 0.25) is 0 Å². The Balaban J connectivity index is 2.26. The summed E-state index contributed by atoms with van der Waals surface area (Å²) in [6.07, 6.45) is 5.39. The van der Waals surface area contributed by atoms with Gasteiger partial charge < -0.3 is 10.2 Å². The third kappa shape index (κ3) is 4.64. The summed E-state index contributed by atoms with van der Waals surface area (Å²) in [7, 11) is 0. The number of phenolic OH excluding ortho intramolecular Hbond substituents is 2. The average Bonchev–Trinajstić information content (AvgIpc) is 2.71. The molecule has 2 N–H and O–H groups in total. The van der Waals surface area contributed by atoms with Crippen molar-refractivity contribution in [1.29, 1.82) is 0 Å². The summed E-state index contributed by atoms with van der Waals surface area (Å²) in [6.45, 7) is 15.9. The molecular formula is C29H42O2. The molecular weight excluding hydrogens is 380 g/mol. The fourth-order valence-electron chi connectivity index (χ4n) is 6.11. The van der Waals surface area contributed by atoms with E-state index in [-0.39, 0.29) is 10.8 Å². The average molecular weight is 423 g/mol. The Morgan fingerprint density at radius 2 is 1.29 bits per heavy atom. The van der Waals surface area contributed by atoms with Crippen molar-refractivity contribution in [2.24, 2.45) is 11.3 Å². The van der Waals surface area contributed by atoms with E-state index in [9.17, 15) is 10.2 Å². The first-order chi connectivity index (χ1) is 14.5. The van der Waals surface area contributed by atoms with Gasteiger partial charge in [0.15, 0.2) is 0 Å². The number of hydrogen-bond acceptors (Lipinski definition) is 2. The van der Waals surface area contributed by atoms with Gasteiger partial charge in [-0.25, -0.2) is 0 Å². The molecule has 3 rings (SSSR count). The zero-order valence-corrected chi connectivity index (χ0v) is 20.6. The molecule has 3 atom stereocenters. The van der Waals surface area contributed by atoms with Crippen molar-refractivity contribution in [1.82, 2.24) is 0 Å². The third-order valence-corrected chi connectivity index (χ3v) is 7.83. The molecule has 0 heterocycles. The van der Waals surface area contributed by atoms with Gasteiger partial charge in [-0.1, -0.05) is 72.7 Å². The van der Waals surface area contributed by atoms with E-state index in [0.717, 1.165) is 36.8 Å². The van der Waals surface area contributed by atoms with Crippen LogP contribution in [0.5, 0.6) is 11.5 Å². The lowest BCUT2D eigenvalue weighted by molar-refractivity contribution is 0.126. The third-order valence-electron chi connectivity index (χ3n) is 7.83. The second-order valence-corrected chi connectivity index (χ2v) is 11.1. The van der Waals surface area contributed by atoms with Gasteiger partial charge in [0, 0.05) is 5.41 Å². The van der Waals surface area contributed by atoms with Crippen molar-refractivity contribution in [2.75, 3.05) is 0 Å². The normalized spacial score (nSPS) is 25.2. The van der Waals surface area contributed by atoms with Crippen molar-refractivity contribution in [3.05, 3.63) is 58.7 Å². The lowest BCUT2D eigenvalue weighted by atomic mass is 9.55.